The average Bonchev–Trinajstić information content (AvgIpc) is 2.25. The van der Waals surface area contributed by atoms with E-state index in [4.69, 9.17) is 10.8 Å². The highest BCUT2D eigenvalue weighted by Gasteiger charge is 2.07. The normalized spacial score (nSPS) is 10.2. The molecule has 16 heavy (non-hydrogen) atoms. The van der Waals surface area contributed by atoms with Crippen molar-refractivity contribution >= 4 is 17.1 Å². The molecule has 0 unspecified atom stereocenters. The van der Waals surface area contributed by atoms with Gasteiger partial charge in [-0.25, -0.2) is 0 Å². The molecule has 0 fully saturated rings. The summed E-state index contributed by atoms with van der Waals surface area (Å²) in [4.78, 5) is 4.08. The number of anilines is 3. The maximum atomic E-state index is 8.96. The third-order valence-corrected chi connectivity index (χ3v) is 2.61. The van der Waals surface area contributed by atoms with E-state index in [-0.39, 0.29) is 6.61 Å². The van der Waals surface area contributed by atoms with E-state index in [9.17, 15) is 0 Å². The SMILES string of the molecule is CCN(CCO)c1ccc(N(C)C)c(N)c1. The van der Waals surface area contributed by atoms with Gasteiger partial charge in [0.2, 0.25) is 0 Å². The third kappa shape index (κ3) is 2.79. The van der Waals surface area contributed by atoms with E-state index in [0.29, 0.717) is 6.54 Å². The van der Waals surface area contributed by atoms with Crippen LogP contribution in [0, 0.1) is 0 Å². The van der Waals surface area contributed by atoms with Gasteiger partial charge in [0.25, 0.3) is 0 Å². The Morgan fingerprint density at radius 3 is 2.44 bits per heavy atom. The number of rotatable bonds is 5. The molecule has 0 bridgehead atoms. The number of hydrogen-bond donors (Lipinski definition) is 2. The van der Waals surface area contributed by atoms with E-state index < -0.39 is 0 Å². The lowest BCUT2D eigenvalue weighted by Gasteiger charge is -2.24. The van der Waals surface area contributed by atoms with Gasteiger partial charge in [-0.2, -0.15) is 0 Å². The molecule has 0 aliphatic heterocycles. The molecule has 1 rings (SSSR count). The van der Waals surface area contributed by atoms with E-state index in [1.165, 1.54) is 0 Å². The summed E-state index contributed by atoms with van der Waals surface area (Å²) >= 11 is 0. The minimum Gasteiger partial charge on any atom is -0.397 e. The molecular formula is C12H21N3O. The van der Waals surface area contributed by atoms with Gasteiger partial charge in [0.05, 0.1) is 18.0 Å². The Balaban J connectivity index is 2.95. The summed E-state index contributed by atoms with van der Waals surface area (Å²) in [7, 11) is 3.94. The van der Waals surface area contributed by atoms with Crippen LogP contribution in [0.2, 0.25) is 0 Å². The minimum absolute atomic E-state index is 0.156. The van der Waals surface area contributed by atoms with Crippen LogP contribution in [0.5, 0.6) is 0 Å². The topological polar surface area (TPSA) is 52.7 Å². The first-order chi connectivity index (χ1) is 7.60. The van der Waals surface area contributed by atoms with Crippen molar-refractivity contribution in [2.24, 2.45) is 0 Å². The summed E-state index contributed by atoms with van der Waals surface area (Å²) in [6, 6.07) is 5.99. The summed E-state index contributed by atoms with van der Waals surface area (Å²) in [6.07, 6.45) is 0. The van der Waals surface area contributed by atoms with E-state index >= 15 is 0 Å². The summed E-state index contributed by atoms with van der Waals surface area (Å²) in [6.45, 7) is 3.72. The Hall–Kier alpha value is -1.42. The number of aliphatic hydroxyl groups is 1. The highest BCUT2D eigenvalue weighted by atomic mass is 16.3. The predicted octanol–water partition coefficient (Wildman–Crippen LogP) is 1.15. The molecule has 0 aromatic heterocycles. The molecular weight excluding hydrogens is 202 g/mol. The molecule has 1 aromatic rings. The van der Waals surface area contributed by atoms with Crippen LogP contribution in [0.3, 0.4) is 0 Å². The van der Waals surface area contributed by atoms with Crippen molar-refractivity contribution in [1.29, 1.82) is 0 Å². The third-order valence-electron chi connectivity index (χ3n) is 2.61. The lowest BCUT2D eigenvalue weighted by atomic mass is 10.2. The Labute approximate surface area is 97.3 Å². The Morgan fingerprint density at radius 2 is 2.00 bits per heavy atom. The van der Waals surface area contributed by atoms with Crippen LogP contribution in [0.4, 0.5) is 17.1 Å². The second kappa shape index (κ2) is 5.61. The molecule has 90 valence electrons. The fourth-order valence-electron chi connectivity index (χ4n) is 1.74. The number of benzene rings is 1. The summed E-state index contributed by atoms with van der Waals surface area (Å²) in [5, 5.41) is 8.96. The summed E-state index contributed by atoms with van der Waals surface area (Å²) in [5.41, 5.74) is 8.82. The van der Waals surface area contributed by atoms with Gasteiger partial charge in [-0.1, -0.05) is 0 Å². The molecule has 0 saturated heterocycles. The molecule has 0 amide bonds. The van der Waals surface area contributed by atoms with Crippen molar-refractivity contribution in [3.05, 3.63) is 18.2 Å². The van der Waals surface area contributed by atoms with Gasteiger partial charge < -0.3 is 20.6 Å². The first kappa shape index (κ1) is 12.6. The molecule has 1 aromatic carbocycles. The molecule has 0 atom stereocenters. The fourth-order valence-corrected chi connectivity index (χ4v) is 1.74. The quantitative estimate of drug-likeness (QED) is 0.735. The second-order valence-corrected chi connectivity index (χ2v) is 3.94. The molecule has 0 aliphatic carbocycles. The Morgan fingerprint density at radius 1 is 1.31 bits per heavy atom. The number of nitrogens with zero attached hydrogens (tertiary/aromatic N) is 2. The van der Waals surface area contributed by atoms with E-state index in [2.05, 4.69) is 11.8 Å². The van der Waals surface area contributed by atoms with Gasteiger partial charge >= 0.3 is 0 Å². The number of aliphatic hydroxyl groups excluding tert-OH is 1. The summed E-state index contributed by atoms with van der Waals surface area (Å²) in [5.74, 6) is 0. The van der Waals surface area contributed by atoms with Crippen molar-refractivity contribution in [2.45, 2.75) is 6.92 Å². The van der Waals surface area contributed by atoms with E-state index in [1.54, 1.807) is 0 Å². The van der Waals surface area contributed by atoms with Crippen LogP contribution in [0.1, 0.15) is 6.92 Å². The van der Waals surface area contributed by atoms with Crippen LogP contribution in [0.15, 0.2) is 18.2 Å². The number of hydrogen-bond acceptors (Lipinski definition) is 4. The van der Waals surface area contributed by atoms with Crippen LogP contribution in [-0.2, 0) is 0 Å². The molecule has 0 radical (unpaired) electrons. The first-order valence-corrected chi connectivity index (χ1v) is 5.52. The molecule has 0 aliphatic rings. The van der Waals surface area contributed by atoms with Crippen LogP contribution < -0.4 is 15.5 Å². The maximum Gasteiger partial charge on any atom is 0.0606 e. The van der Waals surface area contributed by atoms with Crippen LogP contribution in [0.25, 0.3) is 0 Å². The second-order valence-electron chi connectivity index (χ2n) is 3.94. The van der Waals surface area contributed by atoms with Gasteiger partial charge in [0, 0.05) is 32.9 Å². The zero-order valence-corrected chi connectivity index (χ0v) is 10.3. The predicted molar refractivity (Wildman–Crippen MR) is 70.2 cm³/mol. The van der Waals surface area contributed by atoms with E-state index in [1.807, 2.05) is 37.2 Å². The highest BCUT2D eigenvalue weighted by molar-refractivity contribution is 5.72. The van der Waals surface area contributed by atoms with Crippen molar-refractivity contribution in [3.63, 3.8) is 0 Å². The molecule has 3 N–H and O–H groups in total. The van der Waals surface area contributed by atoms with E-state index in [0.717, 1.165) is 23.6 Å². The highest BCUT2D eigenvalue weighted by Crippen LogP contribution is 2.26. The van der Waals surface area contributed by atoms with Gasteiger partial charge in [-0.3, -0.25) is 0 Å². The van der Waals surface area contributed by atoms with Gasteiger partial charge in [0.15, 0.2) is 0 Å². The van der Waals surface area contributed by atoms with Crippen molar-refractivity contribution in [2.75, 3.05) is 49.3 Å². The zero-order valence-electron chi connectivity index (χ0n) is 10.3. The number of nitrogen functional groups attached to an aromatic ring is 1. The number of nitrogens with two attached hydrogens (primary N) is 1. The lowest BCUT2D eigenvalue weighted by Crippen LogP contribution is -2.26. The first-order valence-electron chi connectivity index (χ1n) is 5.52. The Bertz CT molecular complexity index is 339. The van der Waals surface area contributed by atoms with Crippen molar-refractivity contribution < 1.29 is 5.11 Å². The minimum atomic E-state index is 0.156. The summed E-state index contributed by atoms with van der Waals surface area (Å²) < 4.78 is 0. The van der Waals surface area contributed by atoms with Gasteiger partial charge in [0.1, 0.15) is 0 Å². The Kier molecular flexibility index (Phi) is 4.43. The fraction of sp³-hybridized carbons (Fsp3) is 0.500. The maximum absolute atomic E-state index is 8.96. The largest absolute Gasteiger partial charge is 0.397 e. The molecule has 0 saturated carbocycles. The van der Waals surface area contributed by atoms with Crippen LogP contribution >= 0.6 is 0 Å². The van der Waals surface area contributed by atoms with Crippen LogP contribution in [-0.4, -0.2) is 38.9 Å². The number of likely N-dealkylation sites (N-methyl/N-ethyl adjacent to an activating group) is 1. The smallest absolute Gasteiger partial charge is 0.0606 e. The lowest BCUT2D eigenvalue weighted by molar-refractivity contribution is 0.302. The monoisotopic (exact) mass is 223 g/mol. The van der Waals surface area contributed by atoms with Gasteiger partial charge in [-0.15, -0.1) is 0 Å². The molecule has 0 spiro atoms. The van der Waals surface area contributed by atoms with Crippen molar-refractivity contribution in [1.82, 2.24) is 0 Å². The molecule has 4 heteroatoms. The standard InChI is InChI=1S/C12H21N3O/c1-4-15(7-8-16)10-5-6-12(14(2)3)11(13)9-10/h5-6,9,16H,4,7-8,13H2,1-3H3. The molecule has 4 nitrogen and oxygen atoms in total. The average molecular weight is 223 g/mol. The van der Waals surface area contributed by atoms with Crippen molar-refractivity contribution in [3.8, 4) is 0 Å². The molecule has 0 heterocycles. The zero-order chi connectivity index (χ0) is 12.1. The van der Waals surface area contributed by atoms with Gasteiger partial charge in [-0.05, 0) is 25.1 Å².